The van der Waals surface area contributed by atoms with Crippen molar-refractivity contribution in [2.24, 2.45) is 0 Å². The zero-order valence-corrected chi connectivity index (χ0v) is 26.2. The van der Waals surface area contributed by atoms with E-state index in [1.54, 1.807) is 11.3 Å². The van der Waals surface area contributed by atoms with Gasteiger partial charge in [0.15, 0.2) is 17.5 Å². The molecular weight excluding hydrogens is 599 g/mol. The number of thiophene rings is 2. The molecule has 5 heteroatoms. The summed E-state index contributed by atoms with van der Waals surface area (Å²) in [4.78, 5) is 16.7. The van der Waals surface area contributed by atoms with Crippen LogP contribution >= 0.6 is 22.7 Å². The van der Waals surface area contributed by atoms with Gasteiger partial charge in [-0.1, -0.05) is 127 Å². The maximum Gasteiger partial charge on any atom is 0.165 e. The van der Waals surface area contributed by atoms with Crippen molar-refractivity contribution in [1.82, 2.24) is 15.0 Å². The average molecular weight is 624 g/mol. The van der Waals surface area contributed by atoms with Crippen molar-refractivity contribution < 1.29 is 0 Å². The van der Waals surface area contributed by atoms with Crippen LogP contribution in [0.5, 0.6) is 0 Å². The molecule has 3 aromatic heterocycles. The van der Waals surface area contributed by atoms with Crippen molar-refractivity contribution in [3.05, 3.63) is 152 Å². The first kappa shape index (κ1) is 26.9. The molecule has 0 aliphatic carbocycles. The zero-order chi connectivity index (χ0) is 30.5. The highest BCUT2D eigenvalue weighted by molar-refractivity contribution is 7.26. The molecule has 9 rings (SSSR count). The van der Waals surface area contributed by atoms with Crippen molar-refractivity contribution in [2.75, 3.05) is 0 Å². The molecule has 0 atom stereocenters. The topological polar surface area (TPSA) is 38.7 Å². The molecule has 0 bridgehead atoms. The number of aromatic nitrogens is 3. The Morgan fingerprint density at radius 3 is 1.80 bits per heavy atom. The zero-order valence-electron chi connectivity index (χ0n) is 24.6. The van der Waals surface area contributed by atoms with Gasteiger partial charge in [0.1, 0.15) is 0 Å². The number of rotatable bonds is 5. The number of hydrogen-bond acceptors (Lipinski definition) is 5. The van der Waals surface area contributed by atoms with Gasteiger partial charge in [-0.25, -0.2) is 15.0 Å². The van der Waals surface area contributed by atoms with Gasteiger partial charge in [0, 0.05) is 46.4 Å². The minimum Gasteiger partial charge on any atom is -0.208 e. The fourth-order valence-corrected chi connectivity index (χ4v) is 8.40. The van der Waals surface area contributed by atoms with Crippen LogP contribution in [0.3, 0.4) is 0 Å². The van der Waals surface area contributed by atoms with E-state index in [4.69, 9.17) is 15.0 Å². The van der Waals surface area contributed by atoms with Crippen LogP contribution in [0, 0.1) is 0 Å². The van der Waals surface area contributed by atoms with Gasteiger partial charge < -0.3 is 0 Å². The Balaban J connectivity index is 1.23. The maximum absolute atomic E-state index is 5.18. The van der Waals surface area contributed by atoms with Gasteiger partial charge in [0.2, 0.25) is 0 Å². The van der Waals surface area contributed by atoms with Crippen molar-refractivity contribution >= 4 is 52.9 Å². The summed E-state index contributed by atoms with van der Waals surface area (Å²) in [5.74, 6) is 1.99. The summed E-state index contributed by atoms with van der Waals surface area (Å²) in [6.45, 7) is 0. The van der Waals surface area contributed by atoms with Crippen molar-refractivity contribution in [3.8, 4) is 55.7 Å². The lowest BCUT2D eigenvalue weighted by molar-refractivity contribution is 1.08. The first-order chi connectivity index (χ1) is 22.8. The highest BCUT2D eigenvalue weighted by atomic mass is 32.1. The van der Waals surface area contributed by atoms with Gasteiger partial charge in [-0.15, -0.1) is 22.7 Å². The van der Waals surface area contributed by atoms with Crippen LogP contribution in [0.1, 0.15) is 0 Å². The highest BCUT2D eigenvalue weighted by Gasteiger charge is 2.18. The molecule has 46 heavy (non-hydrogen) atoms. The SMILES string of the molecule is c1ccc(-c2ccccc2-c2nc(-c3ccc(-c4cc5ccccc5s4)cc3)nc(-c3cccc4c3sc3ccccc34)n2)cc1. The Kier molecular flexibility index (Phi) is 6.51. The molecule has 0 N–H and O–H groups in total. The molecule has 0 aliphatic rings. The molecule has 0 unspecified atom stereocenters. The van der Waals surface area contributed by atoms with Crippen LogP contribution in [0.2, 0.25) is 0 Å². The lowest BCUT2D eigenvalue weighted by atomic mass is 9.99. The second-order valence-electron chi connectivity index (χ2n) is 11.2. The molecule has 0 amide bonds. The van der Waals surface area contributed by atoms with Crippen LogP contribution in [-0.4, -0.2) is 15.0 Å². The van der Waals surface area contributed by atoms with Crippen LogP contribution in [0.4, 0.5) is 0 Å². The maximum atomic E-state index is 5.18. The first-order valence-corrected chi connectivity index (χ1v) is 16.8. The molecular formula is C41H25N3S2. The fourth-order valence-electron chi connectivity index (χ4n) is 6.12. The summed E-state index contributed by atoms with van der Waals surface area (Å²) in [5.41, 5.74) is 6.35. The summed E-state index contributed by atoms with van der Waals surface area (Å²) >= 11 is 3.60. The van der Waals surface area contributed by atoms with Crippen molar-refractivity contribution in [2.45, 2.75) is 0 Å². The number of nitrogens with zero attached hydrogens (tertiary/aromatic N) is 3. The lowest BCUT2D eigenvalue weighted by Crippen LogP contribution is -2.01. The predicted molar refractivity (Wildman–Crippen MR) is 195 cm³/mol. The Morgan fingerprint density at radius 2 is 0.978 bits per heavy atom. The summed E-state index contributed by atoms with van der Waals surface area (Å²) in [6.07, 6.45) is 0. The summed E-state index contributed by atoms with van der Waals surface area (Å²) in [5, 5.41) is 3.75. The Morgan fingerprint density at radius 1 is 0.370 bits per heavy atom. The molecule has 0 saturated heterocycles. The van der Waals surface area contributed by atoms with E-state index in [2.05, 4.69) is 146 Å². The van der Waals surface area contributed by atoms with Crippen LogP contribution < -0.4 is 0 Å². The average Bonchev–Trinajstić information content (AvgIpc) is 3.74. The smallest absolute Gasteiger partial charge is 0.165 e. The molecule has 0 aliphatic heterocycles. The Labute approximate surface area is 274 Å². The number of hydrogen-bond donors (Lipinski definition) is 0. The van der Waals surface area contributed by atoms with E-state index in [0.29, 0.717) is 17.5 Å². The molecule has 0 radical (unpaired) electrons. The summed E-state index contributed by atoms with van der Waals surface area (Å²) < 4.78 is 3.73. The van der Waals surface area contributed by atoms with E-state index >= 15 is 0 Å². The first-order valence-electron chi connectivity index (χ1n) is 15.2. The molecule has 6 aromatic carbocycles. The van der Waals surface area contributed by atoms with Gasteiger partial charge in [-0.3, -0.25) is 0 Å². The minimum atomic E-state index is 0.656. The molecule has 9 aromatic rings. The van der Waals surface area contributed by atoms with Gasteiger partial charge in [-0.2, -0.15) is 0 Å². The molecule has 216 valence electrons. The lowest BCUT2D eigenvalue weighted by Gasteiger charge is -2.12. The third-order valence-corrected chi connectivity index (χ3v) is 10.8. The molecule has 3 nitrogen and oxygen atoms in total. The standard InChI is InChI=1S/C41H25N3S2/c1-2-11-26(12-3-1)30-14-5-6-16-33(30)40-42-39(28-23-21-27(22-24-28)37-25-29-13-4-8-19-35(29)45-37)43-41(44-40)34-18-10-17-32-31-15-7-9-20-36(31)46-38(32)34/h1-25H. The normalized spacial score (nSPS) is 11.5. The van der Waals surface area contributed by atoms with Gasteiger partial charge in [0.05, 0.1) is 0 Å². The predicted octanol–water partition coefficient (Wildman–Crippen LogP) is 11.8. The van der Waals surface area contributed by atoms with E-state index in [-0.39, 0.29) is 0 Å². The second kappa shape index (κ2) is 11.1. The Bertz CT molecular complexity index is 2500. The van der Waals surface area contributed by atoms with E-state index in [1.807, 2.05) is 17.4 Å². The van der Waals surface area contributed by atoms with E-state index < -0.39 is 0 Å². The largest absolute Gasteiger partial charge is 0.208 e. The third kappa shape index (κ3) is 4.69. The van der Waals surface area contributed by atoms with Crippen molar-refractivity contribution in [3.63, 3.8) is 0 Å². The minimum absolute atomic E-state index is 0.656. The van der Waals surface area contributed by atoms with Gasteiger partial charge in [0.25, 0.3) is 0 Å². The molecule has 0 fully saturated rings. The summed E-state index contributed by atoms with van der Waals surface area (Å²) in [7, 11) is 0. The monoisotopic (exact) mass is 623 g/mol. The second-order valence-corrected chi connectivity index (χ2v) is 13.4. The van der Waals surface area contributed by atoms with E-state index in [9.17, 15) is 0 Å². The third-order valence-electron chi connectivity index (χ3n) is 8.39. The molecule has 3 heterocycles. The van der Waals surface area contributed by atoms with Gasteiger partial charge >= 0.3 is 0 Å². The van der Waals surface area contributed by atoms with E-state index in [0.717, 1.165) is 27.8 Å². The van der Waals surface area contributed by atoms with E-state index in [1.165, 1.54) is 40.7 Å². The fraction of sp³-hybridized carbons (Fsp3) is 0. The van der Waals surface area contributed by atoms with Crippen LogP contribution in [0.25, 0.3) is 86.0 Å². The van der Waals surface area contributed by atoms with Crippen molar-refractivity contribution in [1.29, 1.82) is 0 Å². The quantitative estimate of drug-likeness (QED) is 0.191. The molecule has 0 saturated carbocycles. The van der Waals surface area contributed by atoms with Crippen LogP contribution in [0.15, 0.2) is 152 Å². The highest BCUT2D eigenvalue weighted by Crippen LogP contribution is 2.40. The summed E-state index contributed by atoms with van der Waals surface area (Å²) in [6, 6.07) is 53.2. The number of benzene rings is 6. The Hall–Kier alpha value is -5.49. The molecule has 0 spiro atoms. The van der Waals surface area contributed by atoms with Gasteiger partial charge in [-0.05, 0) is 46.3 Å². The van der Waals surface area contributed by atoms with Crippen LogP contribution in [-0.2, 0) is 0 Å². The number of fused-ring (bicyclic) bond motifs is 4.